The van der Waals surface area contributed by atoms with Crippen LogP contribution in [0, 0.1) is 0 Å². The average Bonchev–Trinajstić information content (AvgIpc) is 3.04. The molecular weight excluding hydrogens is 398 g/mol. The van der Waals surface area contributed by atoms with Crippen molar-refractivity contribution >= 4 is 23.7 Å². The number of nitrogens with one attached hydrogen (secondary N) is 1. The Morgan fingerprint density at radius 3 is 2.56 bits per heavy atom. The molecule has 6 nitrogen and oxygen atoms in total. The molecule has 0 spiro atoms. The van der Waals surface area contributed by atoms with E-state index in [9.17, 15) is 4.79 Å². The molecule has 0 saturated carbocycles. The molecule has 0 fully saturated rings. The number of nitrogens with zero attached hydrogens (tertiary/aromatic N) is 4. The summed E-state index contributed by atoms with van der Waals surface area (Å²) in [7, 11) is 1.98. The highest BCUT2D eigenvalue weighted by Crippen LogP contribution is 2.19. The van der Waals surface area contributed by atoms with E-state index in [-0.39, 0.29) is 17.5 Å². The molecule has 0 saturated heterocycles. The number of amides is 1. The van der Waals surface area contributed by atoms with Crippen molar-refractivity contribution in [3.63, 3.8) is 0 Å². The third kappa shape index (κ3) is 9.33. The monoisotopic (exact) mass is 441 g/mol. The second kappa shape index (κ2) is 13.8. The summed E-state index contributed by atoms with van der Waals surface area (Å²) in [6, 6.07) is -0.291. The minimum absolute atomic E-state index is 0.0176. The molecule has 2 aliphatic heterocycles. The Balaban J connectivity index is 0.00000249. The lowest BCUT2D eigenvalue weighted by Crippen LogP contribution is -2.50. The average molecular weight is 442 g/mol. The molecule has 0 aromatic heterocycles. The standard InChI is InChI=1S/C24H37N5O.C2H6/c1-18-13-9-7-12-16-26-22(20-14-10-8-11-15-25-20)27-17-21(18)29(6)19(2)23(30)28-24(3,4)5;1-2/h8,10-11,14,16,19H,7,9,12-13,15,17H2,1-6H3,(H,28,30);1-2H3/b21-18-,26-16?,27-22?;. The Morgan fingerprint density at radius 2 is 1.88 bits per heavy atom. The van der Waals surface area contributed by atoms with Gasteiger partial charge in [0.2, 0.25) is 5.91 Å². The molecule has 0 aromatic rings. The van der Waals surface area contributed by atoms with Gasteiger partial charge < -0.3 is 10.2 Å². The van der Waals surface area contributed by atoms with Crippen LogP contribution in [0.1, 0.15) is 74.1 Å². The van der Waals surface area contributed by atoms with Crippen LogP contribution in [-0.4, -0.2) is 60.3 Å². The molecular formula is C26H43N5O. The molecule has 32 heavy (non-hydrogen) atoms. The fourth-order valence-electron chi connectivity index (χ4n) is 3.33. The van der Waals surface area contributed by atoms with Crippen molar-refractivity contribution in [2.24, 2.45) is 15.0 Å². The Labute approximate surface area is 195 Å². The van der Waals surface area contributed by atoms with Crippen LogP contribution in [-0.2, 0) is 4.79 Å². The largest absolute Gasteiger partial charge is 0.365 e. The molecule has 178 valence electrons. The highest BCUT2D eigenvalue weighted by Gasteiger charge is 2.24. The van der Waals surface area contributed by atoms with E-state index < -0.39 is 0 Å². The van der Waals surface area contributed by atoms with E-state index >= 15 is 0 Å². The summed E-state index contributed by atoms with van der Waals surface area (Å²) in [6.07, 6.45) is 14.0. The summed E-state index contributed by atoms with van der Waals surface area (Å²) in [6.45, 7) is 15.2. The summed E-state index contributed by atoms with van der Waals surface area (Å²) in [5.41, 5.74) is 2.89. The minimum atomic E-state index is -0.291. The lowest BCUT2D eigenvalue weighted by Gasteiger charge is -2.32. The Morgan fingerprint density at radius 1 is 1.16 bits per heavy atom. The van der Waals surface area contributed by atoms with Crippen LogP contribution in [0.15, 0.2) is 50.6 Å². The van der Waals surface area contributed by atoms with E-state index in [1.807, 2.05) is 79.1 Å². The van der Waals surface area contributed by atoms with Crippen molar-refractivity contribution in [1.29, 1.82) is 0 Å². The number of amidine groups is 1. The Bertz CT molecular complexity index is 794. The summed E-state index contributed by atoms with van der Waals surface area (Å²) in [5.74, 6) is 0.673. The first-order valence-corrected chi connectivity index (χ1v) is 11.9. The zero-order valence-electron chi connectivity index (χ0n) is 21.4. The lowest BCUT2D eigenvalue weighted by atomic mass is 10.0. The molecule has 1 amide bonds. The van der Waals surface area contributed by atoms with Crippen molar-refractivity contribution in [3.8, 4) is 0 Å². The number of allylic oxidation sites excluding steroid dienone is 3. The molecule has 0 bridgehead atoms. The van der Waals surface area contributed by atoms with Gasteiger partial charge in [0, 0.05) is 24.5 Å². The third-order valence-electron chi connectivity index (χ3n) is 5.20. The first kappa shape index (κ1) is 27.5. The second-order valence-corrected chi connectivity index (χ2v) is 8.96. The fourth-order valence-corrected chi connectivity index (χ4v) is 3.33. The number of hydrogen-bond donors (Lipinski definition) is 1. The summed E-state index contributed by atoms with van der Waals surface area (Å²) < 4.78 is 0. The number of rotatable bonds is 4. The van der Waals surface area contributed by atoms with E-state index in [0.717, 1.165) is 37.1 Å². The van der Waals surface area contributed by atoms with E-state index in [2.05, 4.69) is 27.1 Å². The van der Waals surface area contributed by atoms with Gasteiger partial charge in [0.15, 0.2) is 5.84 Å². The molecule has 1 unspecified atom stereocenters. The van der Waals surface area contributed by atoms with E-state index in [4.69, 9.17) is 4.99 Å². The van der Waals surface area contributed by atoms with Crippen LogP contribution in [0.3, 0.4) is 0 Å². The van der Waals surface area contributed by atoms with Crippen LogP contribution in [0.2, 0.25) is 0 Å². The van der Waals surface area contributed by atoms with E-state index in [1.54, 1.807) is 0 Å². The molecule has 2 aliphatic rings. The SMILES string of the molecule is C/C1=C(/N(C)C(C)C(=O)NC(C)(C)C)CN=C(C2=NCC=CC=C2)N=CCCCC1.CC. The number of carbonyl (C=O) groups excluding carboxylic acids is 1. The van der Waals surface area contributed by atoms with Crippen LogP contribution >= 0.6 is 0 Å². The Kier molecular flexibility index (Phi) is 11.9. The number of carbonyl (C=O) groups is 1. The third-order valence-corrected chi connectivity index (χ3v) is 5.20. The molecule has 0 aromatic carbocycles. The summed E-state index contributed by atoms with van der Waals surface area (Å²) in [4.78, 5) is 28.9. The zero-order chi connectivity index (χ0) is 24.1. The quantitative estimate of drug-likeness (QED) is 0.657. The van der Waals surface area contributed by atoms with Gasteiger partial charge in [-0.1, -0.05) is 37.6 Å². The van der Waals surface area contributed by atoms with Gasteiger partial charge in [-0.15, -0.1) is 0 Å². The fraction of sp³-hybridized carbons (Fsp3) is 0.615. The van der Waals surface area contributed by atoms with Crippen LogP contribution in [0.25, 0.3) is 0 Å². The van der Waals surface area contributed by atoms with Crippen molar-refractivity contribution in [2.75, 3.05) is 20.1 Å². The van der Waals surface area contributed by atoms with Gasteiger partial charge in [0.25, 0.3) is 0 Å². The van der Waals surface area contributed by atoms with Crippen LogP contribution < -0.4 is 5.32 Å². The highest BCUT2D eigenvalue weighted by molar-refractivity contribution is 6.46. The zero-order valence-corrected chi connectivity index (χ0v) is 21.4. The van der Waals surface area contributed by atoms with Gasteiger partial charge in [0.1, 0.15) is 11.8 Å². The van der Waals surface area contributed by atoms with Gasteiger partial charge in [0.05, 0.1) is 13.1 Å². The van der Waals surface area contributed by atoms with Gasteiger partial charge in [-0.3, -0.25) is 14.8 Å². The van der Waals surface area contributed by atoms with E-state index in [0.29, 0.717) is 18.9 Å². The van der Waals surface area contributed by atoms with Crippen molar-refractivity contribution in [2.45, 2.75) is 85.7 Å². The number of hydrogen-bond acceptors (Lipinski definition) is 5. The van der Waals surface area contributed by atoms with Crippen molar-refractivity contribution in [3.05, 3.63) is 35.6 Å². The first-order chi connectivity index (χ1) is 15.2. The van der Waals surface area contributed by atoms with E-state index in [1.165, 1.54) is 5.57 Å². The predicted octanol–water partition coefficient (Wildman–Crippen LogP) is 5.13. The first-order valence-electron chi connectivity index (χ1n) is 11.9. The maximum Gasteiger partial charge on any atom is 0.242 e. The Hall–Kier alpha value is -2.50. The van der Waals surface area contributed by atoms with Gasteiger partial charge in [-0.2, -0.15) is 0 Å². The lowest BCUT2D eigenvalue weighted by molar-refractivity contribution is -0.126. The molecule has 1 atom stereocenters. The maximum atomic E-state index is 12.8. The second-order valence-electron chi connectivity index (χ2n) is 8.96. The van der Waals surface area contributed by atoms with Crippen molar-refractivity contribution in [1.82, 2.24) is 10.2 Å². The van der Waals surface area contributed by atoms with Crippen LogP contribution in [0.4, 0.5) is 0 Å². The smallest absolute Gasteiger partial charge is 0.242 e. The molecule has 2 rings (SSSR count). The molecule has 0 radical (unpaired) electrons. The highest BCUT2D eigenvalue weighted by atomic mass is 16.2. The minimum Gasteiger partial charge on any atom is -0.365 e. The topological polar surface area (TPSA) is 69.4 Å². The number of likely N-dealkylation sites (N-methyl/N-ethyl adjacent to an activating group) is 1. The van der Waals surface area contributed by atoms with Gasteiger partial charge in [-0.25, -0.2) is 4.99 Å². The summed E-state index contributed by atoms with van der Waals surface area (Å²) in [5, 5.41) is 3.08. The predicted molar refractivity (Wildman–Crippen MR) is 139 cm³/mol. The van der Waals surface area contributed by atoms with Crippen molar-refractivity contribution < 1.29 is 4.79 Å². The maximum absolute atomic E-state index is 12.8. The normalized spacial score (nSPS) is 20.6. The molecule has 0 aliphatic carbocycles. The summed E-state index contributed by atoms with van der Waals surface area (Å²) >= 11 is 0. The van der Waals surface area contributed by atoms with Gasteiger partial charge >= 0.3 is 0 Å². The number of aliphatic imine (C=N–C) groups is 3. The molecule has 1 N–H and O–H groups in total. The molecule has 2 heterocycles. The van der Waals surface area contributed by atoms with Gasteiger partial charge in [-0.05, 0) is 66.4 Å². The van der Waals surface area contributed by atoms with Crippen LogP contribution in [0.5, 0.6) is 0 Å². The molecule has 6 heteroatoms.